The first-order valence-corrected chi connectivity index (χ1v) is 4.14. The van der Waals surface area contributed by atoms with Crippen LogP contribution in [0.25, 0.3) is 0 Å². The molecule has 1 N–H and O–H groups in total. The van der Waals surface area contributed by atoms with Crippen LogP contribution in [0, 0.1) is 0 Å². The van der Waals surface area contributed by atoms with Crippen LogP contribution in [0.3, 0.4) is 0 Å². The highest BCUT2D eigenvalue weighted by atomic mass is 16.4. The molecule has 0 aromatic rings. The quantitative estimate of drug-likeness (QED) is 0.650. The fraction of sp³-hybridized carbons (Fsp3) is 0.556. The van der Waals surface area contributed by atoms with Gasteiger partial charge in [-0.3, -0.25) is 9.59 Å². The van der Waals surface area contributed by atoms with Gasteiger partial charge in [0.05, 0.1) is 0 Å². The number of carbonyl (C=O) groups is 2. The summed E-state index contributed by atoms with van der Waals surface area (Å²) >= 11 is 0. The van der Waals surface area contributed by atoms with Gasteiger partial charge >= 0.3 is 5.97 Å². The highest BCUT2D eigenvalue weighted by molar-refractivity contribution is 6.05. The molecule has 0 atom stereocenters. The second kappa shape index (κ2) is 4.04. The van der Waals surface area contributed by atoms with E-state index >= 15 is 0 Å². The van der Waals surface area contributed by atoms with Crippen LogP contribution in [-0.2, 0) is 9.59 Å². The zero-order valence-corrected chi connectivity index (χ0v) is 6.88. The van der Waals surface area contributed by atoms with Crippen molar-refractivity contribution in [3.63, 3.8) is 0 Å². The third-order valence-corrected chi connectivity index (χ3v) is 1.96. The molecule has 0 heterocycles. The average Bonchev–Trinajstić information content (AvgIpc) is 2.05. The van der Waals surface area contributed by atoms with Gasteiger partial charge in [-0.1, -0.05) is 6.08 Å². The summed E-state index contributed by atoms with van der Waals surface area (Å²) in [5.41, 5.74) is 0.712. The lowest BCUT2D eigenvalue weighted by atomic mass is 9.95. The van der Waals surface area contributed by atoms with Crippen molar-refractivity contribution in [3.05, 3.63) is 11.6 Å². The van der Waals surface area contributed by atoms with Gasteiger partial charge in [0.15, 0.2) is 5.78 Å². The summed E-state index contributed by atoms with van der Waals surface area (Å²) in [5, 5.41) is 8.37. The molecule has 3 nitrogen and oxygen atoms in total. The minimum atomic E-state index is -1.04. The van der Waals surface area contributed by atoms with Gasteiger partial charge in [0, 0.05) is 0 Å². The molecule has 0 aliphatic heterocycles. The van der Waals surface area contributed by atoms with Gasteiger partial charge in [-0.25, -0.2) is 0 Å². The van der Waals surface area contributed by atoms with E-state index in [-0.39, 0.29) is 12.2 Å². The molecular formula is C9H12O3. The molecule has 0 aromatic carbocycles. The molecule has 1 rings (SSSR count). The van der Waals surface area contributed by atoms with Crippen LogP contribution in [-0.4, -0.2) is 16.9 Å². The van der Waals surface area contributed by atoms with Gasteiger partial charge in [0.2, 0.25) is 0 Å². The van der Waals surface area contributed by atoms with Crippen LogP contribution >= 0.6 is 0 Å². The van der Waals surface area contributed by atoms with E-state index in [4.69, 9.17) is 5.11 Å². The Hall–Kier alpha value is -1.12. The summed E-state index contributed by atoms with van der Waals surface area (Å²) in [4.78, 5) is 21.4. The van der Waals surface area contributed by atoms with Crippen molar-refractivity contribution in [2.75, 3.05) is 0 Å². The number of ketones is 1. The Kier molecular flexibility index (Phi) is 3.02. The topological polar surface area (TPSA) is 54.4 Å². The molecule has 0 saturated heterocycles. The van der Waals surface area contributed by atoms with E-state index in [1.54, 1.807) is 0 Å². The molecule has 0 fully saturated rings. The van der Waals surface area contributed by atoms with Gasteiger partial charge in [-0.15, -0.1) is 0 Å². The van der Waals surface area contributed by atoms with Gasteiger partial charge < -0.3 is 5.11 Å². The molecule has 0 bridgehead atoms. The van der Waals surface area contributed by atoms with Crippen molar-refractivity contribution < 1.29 is 14.7 Å². The van der Waals surface area contributed by atoms with Crippen LogP contribution in [0.2, 0.25) is 0 Å². The Morgan fingerprint density at radius 3 is 2.67 bits per heavy atom. The lowest BCUT2D eigenvalue weighted by molar-refractivity contribution is -0.139. The normalized spacial score (nSPS) is 16.8. The smallest absolute Gasteiger partial charge is 0.311 e. The molecule has 0 spiro atoms. The summed E-state index contributed by atoms with van der Waals surface area (Å²) in [6.45, 7) is 0. The Labute approximate surface area is 71.1 Å². The number of hydrogen-bond acceptors (Lipinski definition) is 2. The first-order chi connectivity index (χ1) is 5.70. The van der Waals surface area contributed by atoms with Crippen molar-refractivity contribution in [1.82, 2.24) is 0 Å². The molecule has 0 radical (unpaired) electrons. The summed E-state index contributed by atoms with van der Waals surface area (Å²) in [5.74, 6) is -1.26. The fourth-order valence-corrected chi connectivity index (χ4v) is 1.34. The van der Waals surface area contributed by atoms with Crippen LogP contribution in [0.4, 0.5) is 0 Å². The number of allylic oxidation sites excluding steroid dienone is 2. The Morgan fingerprint density at radius 1 is 1.42 bits per heavy atom. The zero-order valence-electron chi connectivity index (χ0n) is 6.88. The third kappa shape index (κ3) is 2.49. The monoisotopic (exact) mass is 168 g/mol. The summed E-state index contributed by atoms with van der Waals surface area (Å²) < 4.78 is 0. The van der Waals surface area contributed by atoms with E-state index in [1.165, 1.54) is 0 Å². The molecule has 66 valence electrons. The number of hydrogen-bond donors (Lipinski definition) is 1. The SMILES string of the molecule is O=C(O)CC(=O)C1=CCCCC1. The lowest BCUT2D eigenvalue weighted by Gasteiger charge is -2.09. The predicted molar refractivity (Wildman–Crippen MR) is 43.8 cm³/mol. The Bertz CT molecular complexity index is 228. The standard InChI is InChI=1S/C9H12O3/c10-8(6-9(11)12)7-4-2-1-3-5-7/h4H,1-3,5-6H2,(H,11,12). The largest absolute Gasteiger partial charge is 0.481 e. The van der Waals surface area contributed by atoms with Gasteiger partial charge in [-0.2, -0.15) is 0 Å². The van der Waals surface area contributed by atoms with E-state index in [0.29, 0.717) is 5.57 Å². The first-order valence-electron chi connectivity index (χ1n) is 4.14. The number of rotatable bonds is 3. The van der Waals surface area contributed by atoms with Gasteiger partial charge in [-0.05, 0) is 31.3 Å². The van der Waals surface area contributed by atoms with E-state index in [0.717, 1.165) is 25.7 Å². The van der Waals surface area contributed by atoms with Crippen LogP contribution in [0.15, 0.2) is 11.6 Å². The van der Waals surface area contributed by atoms with E-state index in [1.807, 2.05) is 6.08 Å². The van der Waals surface area contributed by atoms with Crippen LogP contribution in [0.5, 0.6) is 0 Å². The minimum absolute atomic E-state index is 0.220. The van der Waals surface area contributed by atoms with Crippen LogP contribution < -0.4 is 0 Å². The average molecular weight is 168 g/mol. The highest BCUT2D eigenvalue weighted by Gasteiger charge is 2.14. The second-order valence-electron chi connectivity index (χ2n) is 2.97. The number of carbonyl (C=O) groups excluding carboxylic acids is 1. The second-order valence-corrected chi connectivity index (χ2v) is 2.97. The molecule has 0 saturated carbocycles. The van der Waals surface area contributed by atoms with Crippen molar-refractivity contribution in [2.45, 2.75) is 32.1 Å². The number of carboxylic acids is 1. The molecule has 1 aliphatic rings. The molecule has 1 aliphatic carbocycles. The zero-order chi connectivity index (χ0) is 8.97. The maximum Gasteiger partial charge on any atom is 0.311 e. The number of aliphatic carboxylic acids is 1. The third-order valence-electron chi connectivity index (χ3n) is 1.96. The van der Waals surface area contributed by atoms with E-state index in [9.17, 15) is 9.59 Å². The summed E-state index contributed by atoms with van der Waals surface area (Å²) in [6.07, 6.45) is 5.31. The number of carboxylic acid groups (broad SMARTS) is 1. The Balaban J connectivity index is 2.51. The van der Waals surface area contributed by atoms with Gasteiger partial charge in [0.25, 0.3) is 0 Å². The molecule has 0 aromatic heterocycles. The highest BCUT2D eigenvalue weighted by Crippen LogP contribution is 2.18. The maximum absolute atomic E-state index is 11.2. The number of Topliss-reactive ketones (excluding diaryl/α,β-unsaturated/α-hetero) is 1. The van der Waals surface area contributed by atoms with E-state index < -0.39 is 5.97 Å². The lowest BCUT2D eigenvalue weighted by Crippen LogP contribution is -2.10. The fourth-order valence-electron chi connectivity index (χ4n) is 1.34. The Morgan fingerprint density at radius 2 is 2.17 bits per heavy atom. The van der Waals surface area contributed by atoms with Crippen LogP contribution in [0.1, 0.15) is 32.1 Å². The van der Waals surface area contributed by atoms with Crippen molar-refractivity contribution in [2.24, 2.45) is 0 Å². The molecule has 0 unspecified atom stereocenters. The molecule has 12 heavy (non-hydrogen) atoms. The van der Waals surface area contributed by atoms with Crippen molar-refractivity contribution in [3.8, 4) is 0 Å². The van der Waals surface area contributed by atoms with Crippen molar-refractivity contribution in [1.29, 1.82) is 0 Å². The summed E-state index contributed by atoms with van der Waals surface area (Å²) in [6, 6.07) is 0. The maximum atomic E-state index is 11.2. The van der Waals surface area contributed by atoms with Gasteiger partial charge in [0.1, 0.15) is 6.42 Å². The van der Waals surface area contributed by atoms with Crippen molar-refractivity contribution >= 4 is 11.8 Å². The summed E-state index contributed by atoms with van der Waals surface area (Å²) in [7, 11) is 0. The minimum Gasteiger partial charge on any atom is -0.481 e. The molecule has 3 heteroatoms. The van der Waals surface area contributed by atoms with E-state index in [2.05, 4.69) is 0 Å². The molecular weight excluding hydrogens is 156 g/mol. The molecule has 0 amide bonds. The first kappa shape index (κ1) is 8.97. The predicted octanol–water partition coefficient (Wildman–Crippen LogP) is 1.53.